The minimum atomic E-state index is -2.40. The van der Waals surface area contributed by atoms with E-state index in [2.05, 4.69) is 30.7 Å². The van der Waals surface area contributed by atoms with Gasteiger partial charge in [0, 0.05) is 56.2 Å². The number of aromatic nitrogens is 1. The van der Waals surface area contributed by atoms with Gasteiger partial charge in [0.15, 0.2) is 0 Å². The van der Waals surface area contributed by atoms with Crippen LogP contribution in [0.25, 0.3) is 0 Å². The molecule has 2 fully saturated rings. The lowest BCUT2D eigenvalue weighted by molar-refractivity contribution is -0.116. The SMILES string of the molecule is FC1(F)CC(CN2CCN(c3ccc(Br)cn3)CC2)C1. The van der Waals surface area contributed by atoms with E-state index < -0.39 is 5.92 Å². The summed E-state index contributed by atoms with van der Waals surface area (Å²) in [6.45, 7) is 4.51. The van der Waals surface area contributed by atoms with Crippen molar-refractivity contribution in [3.8, 4) is 0 Å². The van der Waals surface area contributed by atoms with E-state index in [1.54, 1.807) is 6.20 Å². The van der Waals surface area contributed by atoms with Gasteiger partial charge < -0.3 is 4.90 Å². The van der Waals surface area contributed by atoms with Crippen LogP contribution in [0, 0.1) is 5.92 Å². The number of hydrogen-bond acceptors (Lipinski definition) is 3. The quantitative estimate of drug-likeness (QED) is 0.839. The number of anilines is 1. The second-order valence-corrected chi connectivity index (χ2v) is 6.67. The molecule has 0 unspecified atom stereocenters. The van der Waals surface area contributed by atoms with Gasteiger partial charge in [-0.2, -0.15) is 0 Å². The van der Waals surface area contributed by atoms with Crippen LogP contribution >= 0.6 is 15.9 Å². The Balaban J connectivity index is 1.46. The average molecular weight is 346 g/mol. The van der Waals surface area contributed by atoms with Gasteiger partial charge in [0.1, 0.15) is 5.82 Å². The first-order valence-electron chi connectivity index (χ1n) is 6.98. The van der Waals surface area contributed by atoms with Crippen LogP contribution in [0.2, 0.25) is 0 Å². The van der Waals surface area contributed by atoms with Crippen LogP contribution in [0.4, 0.5) is 14.6 Å². The number of hydrogen-bond donors (Lipinski definition) is 0. The zero-order chi connectivity index (χ0) is 14.2. The van der Waals surface area contributed by atoms with Gasteiger partial charge in [0.25, 0.3) is 0 Å². The van der Waals surface area contributed by atoms with Gasteiger partial charge in [-0.1, -0.05) is 0 Å². The standard InChI is InChI=1S/C14H18BrF2N3/c15-12-1-2-13(18-9-12)20-5-3-19(4-6-20)10-11-7-14(16,17)8-11/h1-2,9,11H,3-8,10H2. The van der Waals surface area contributed by atoms with Crippen LogP contribution in [-0.4, -0.2) is 48.5 Å². The maximum atomic E-state index is 12.8. The third kappa shape index (κ3) is 3.28. The molecule has 20 heavy (non-hydrogen) atoms. The zero-order valence-corrected chi connectivity index (χ0v) is 12.8. The predicted molar refractivity (Wildman–Crippen MR) is 78.3 cm³/mol. The molecule has 1 aliphatic heterocycles. The molecule has 0 spiro atoms. The Hall–Kier alpha value is -0.750. The van der Waals surface area contributed by atoms with Crippen LogP contribution in [0.15, 0.2) is 22.8 Å². The lowest BCUT2D eigenvalue weighted by atomic mass is 9.81. The summed E-state index contributed by atoms with van der Waals surface area (Å²) in [5, 5.41) is 0. The van der Waals surface area contributed by atoms with Gasteiger partial charge in [-0.3, -0.25) is 4.90 Å². The molecule has 1 aromatic rings. The average Bonchev–Trinajstić information content (AvgIpc) is 2.39. The molecule has 0 bridgehead atoms. The second kappa shape index (κ2) is 5.56. The number of rotatable bonds is 3. The first kappa shape index (κ1) is 14.2. The van der Waals surface area contributed by atoms with Crippen molar-refractivity contribution >= 4 is 21.7 Å². The summed E-state index contributed by atoms with van der Waals surface area (Å²) >= 11 is 3.38. The molecule has 2 aliphatic rings. The summed E-state index contributed by atoms with van der Waals surface area (Å²) < 4.78 is 26.6. The van der Waals surface area contributed by atoms with Crippen molar-refractivity contribution in [2.24, 2.45) is 5.92 Å². The zero-order valence-electron chi connectivity index (χ0n) is 11.2. The molecule has 3 nitrogen and oxygen atoms in total. The number of pyridine rings is 1. The highest BCUT2D eigenvalue weighted by Crippen LogP contribution is 2.42. The van der Waals surface area contributed by atoms with Gasteiger partial charge >= 0.3 is 0 Å². The lowest BCUT2D eigenvalue weighted by Gasteiger charge is -2.41. The van der Waals surface area contributed by atoms with E-state index in [9.17, 15) is 8.78 Å². The summed E-state index contributed by atoms with van der Waals surface area (Å²) in [6.07, 6.45) is 1.95. The monoisotopic (exact) mass is 345 g/mol. The second-order valence-electron chi connectivity index (χ2n) is 5.75. The number of nitrogens with zero attached hydrogens (tertiary/aromatic N) is 3. The highest BCUT2D eigenvalue weighted by molar-refractivity contribution is 9.10. The Labute approximate surface area is 126 Å². The molecule has 1 saturated carbocycles. The van der Waals surface area contributed by atoms with Crippen LogP contribution in [0.5, 0.6) is 0 Å². The minimum absolute atomic E-state index is 0.0709. The Morgan fingerprint density at radius 3 is 2.45 bits per heavy atom. The molecule has 0 amide bonds. The van der Waals surface area contributed by atoms with Crippen molar-refractivity contribution in [1.29, 1.82) is 0 Å². The molecule has 6 heteroatoms. The van der Waals surface area contributed by atoms with E-state index >= 15 is 0 Å². The van der Waals surface area contributed by atoms with Crippen molar-refractivity contribution < 1.29 is 8.78 Å². The highest BCUT2D eigenvalue weighted by Gasteiger charge is 2.45. The largest absolute Gasteiger partial charge is 0.354 e. The molecule has 0 N–H and O–H groups in total. The van der Waals surface area contributed by atoms with E-state index in [-0.39, 0.29) is 18.8 Å². The van der Waals surface area contributed by atoms with Crippen molar-refractivity contribution in [2.75, 3.05) is 37.6 Å². The molecular weight excluding hydrogens is 328 g/mol. The van der Waals surface area contributed by atoms with Crippen molar-refractivity contribution in [2.45, 2.75) is 18.8 Å². The molecule has 1 saturated heterocycles. The van der Waals surface area contributed by atoms with Crippen molar-refractivity contribution in [3.63, 3.8) is 0 Å². The first-order valence-corrected chi connectivity index (χ1v) is 7.78. The van der Waals surface area contributed by atoms with Gasteiger partial charge in [-0.25, -0.2) is 13.8 Å². The van der Waals surface area contributed by atoms with E-state index in [0.717, 1.165) is 43.0 Å². The van der Waals surface area contributed by atoms with E-state index in [0.29, 0.717) is 0 Å². The molecule has 1 aromatic heterocycles. The summed E-state index contributed by atoms with van der Waals surface area (Å²) in [6, 6.07) is 4.00. The van der Waals surface area contributed by atoms with Gasteiger partial charge in [0.2, 0.25) is 5.92 Å². The van der Waals surface area contributed by atoms with Gasteiger partial charge in [-0.05, 0) is 34.0 Å². The molecule has 0 aromatic carbocycles. The summed E-state index contributed by atoms with van der Waals surface area (Å²) in [4.78, 5) is 8.94. The maximum Gasteiger partial charge on any atom is 0.248 e. The van der Waals surface area contributed by atoms with Crippen LogP contribution in [0.3, 0.4) is 0 Å². The summed E-state index contributed by atoms with van der Waals surface area (Å²) in [5.41, 5.74) is 0. The third-order valence-corrected chi connectivity index (χ3v) is 4.57. The lowest BCUT2D eigenvalue weighted by Crippen LogP contribution is -2.50. The van der Waals surface area contributed by atoms with Crippen molar-refractivity contribution in [1.82, 2.24) is 9.88 Å². The summed E-state index contributed by atoms with van der Waals surface area (Å²) in [5.74, 6) is -1.22. The molecule has 2 heterocycles. The predicted octanol–water partition coefficient (Wildman–Crippen LogP) is 3.01. The van der Waals surface area contributed by atoms with Gasteiger partial charge in [0.05, 0.1) is 0 Å². The van der Waals surface area contributed by atoms with E-state index in [1.165, 1.54) is 0 Å². The molecular formula is C14H18BrF2N3. The Bertz CT molecular complexity index is 450. The minimum Gasteiger partial charge on any atom is -0.354 e. The van der Waals surface area contributed by atoms with E-state index in [4.69, 9.17) is 0 Å². The Kier molecular flexibility index (Phi) is 3.95. The highest BCUT2D eigenvalue weighted by atomic mass is 79.9. The molecule has 3 rings (SSSR count). The normalized spacial score (nSPS) is 23.6. The fraction of sp³-hybridized carbons (Fsp3) is 0.643. The Morgan fingerprint density at radius 1 is 1.20 bits per heavy atom. The Morgan fingerprint density at radius 2 is 1.90 bits per heavy atom. The maximum absolute atomic E-state index is 12.8. The first-order chi connectivity index (χ1) is 9.52. The topological polar surface area (TPSA) is 19.4 Å². The molecule has 110 valence electrons. The fourth-order valence-corrected chi connectivity index (χ4v) is 3.23. The van der Waals surface area contributed by atoms with Crippen LogP contribution in [-0.2, 0) is 0 Å². The number of piperazine rings is 1. The third-order valence-electron chi connectivity index (χ3n) is 4.10. The van der Waals surface area contributed by atoms with Crippen LogP contribution < -0.4 is 4.90 Å². The molecule has 1 aliphatic carbocycles. The number of alkyl halides is 2. The molecule has 0 atom stereocenters. The van der Waals surface area contributed by atoms with E-state index in [1.807, 2.05) is 12.1 Å². The van der Waals surface area contributed by atoms with Crippen LogP contribution in [0.1, 0.15) is 12.8 Å². The summed E-state index contributed by atoms with van der Waals surface area (Å²) in [7, 11) is 0. The van der Waals surface area contributed by atoms with Gasteiger partial charge in [-0.15, -0.1) is 0 Å². The van der Waals surface area contributed by atoms with Crippen molar-refractivity contribution in [3.05, 3.63) is 22.8 Å². The fourth-order valence-electron chi connectivity index (χ4n) is 2.99. The smallest absolute Gasteiger partial charge is 0.248 e. The number of halogens is 3. The molecule has 0 radical (unpaired) electrons.